The van der Waals surface area contributed by atoms with Gasteiger partial charge in [0.05, 0.1) is 4.34 Å². The van der Waals surface area contributed by atoms with Gasteiger partial charge in [0.2, 0.25) is 0 Å². The van der Waals surface area contributed by atoms with E-state index in [-0.39, 0.29) is 0 Å². The van der Waals surface area contributed by atoms with Crippen molar-refractivity contribution in [3.63, 3.8) is 0 Å². The van der Waals surface area contributed by atoms with Crippen LogP contribution in [0, 0.1) is 6.92 Å². The van der Waals surface area contributed by atoms with Crippen LogP contribution < -0.4 is 10.6 Å². The van der Waals surface area contributed by atoms with Crippen molar-refractivity contribution in [2.24, 2.45) is 4.99 Å². The van der Waals surface area contributed by atoms with Gasteiger partial charge in [-0.1, -0.05) is 35.9 Å². The fourth-order valence-electron chi connectivity index (χ4n) is 2.00. The fourth-order valence-corrected chi connectivity index (χ4v) is 3.09. The zero-order valence-electron chi connectivity index (χ0n) is 12.3. The molecule has 0 saturated heterocycles. The van der Waals surface area contributed by atoms with E-state index in [4.69, 9.17) is 11.6 Å². The predicted octanol–water partition coefficient (Wildman–Crippen LogP) is 3.62. The topological polar surface area (TPSA) is 36.4 Å². The zero-order chi connectivity index (χ0) is 15.1. The van der Waals surface area contributed by atoms with Gasteiger partial charge in [-0.3, -0.25) is 4.99 Å². The van der Waals surface area contributed by atoms with E-state index in [1.165, 1.54) is 16.0 Å². The normalized spacial score (nSPS) is 11.5. The maximum Gasteiger partial charge on any atom is 0.191 e. The number of aliphatic imine (C=N–C) groups is 1. The summed E-state index contributed by atoms with van der Waals surface area (Å²) >= 11 is 7.55. The van der Waals surface area contributed by atoms with Crippen molar-refractivity contribution in [1.29, 1.82) is 0 Å². The van der Waals surface area contributed by atoms with Gasteiger partial charge in [0.25, 0.3) is 0 Å². The first-order valence-corrected chi connectivity index (χ1v) is 8.11. The van der Waals surface area contributed by atoms with Crippen molar-refractivity contribution in [3.05, 3.63) is 56.7 Å². The maximum absolute atomic E-state index is 5.92. The molecular weight excluding hydrogens is 302 g/mol. The summed E-state index contributed by atoms with van der Waals surface area (Å²) in [7, 11) is 1.79. The van der Waals surface area contributed by atoms with E-state index in [1.807, 2.05) is 6.07 Å². The molecule has 0 unspecified atom stereocenters. The second-order valence-corrected chi connectivity index (χ2v) is 6.53. The van der Waals surface area contributed by atoms with Crippen molar-refractivity contribution in [1.82, 2.24) is 10.6 Å². The molecule has 0 atom stereocenters. The Morgan fingerprint density at radius 2 is 2.00 bits per heavy atom. The Bertz CT molecular complexity index is 607. The summed E-state index contributed by atoms with van der Waals surface area (Å²) in [5.41, 5.74) is 2.57. The fraction of sp³-hybridized carbons (Fsp3) is 0.312. The minimum Gasteiger partial charge on any atom is -0.356 e. The Hall–Kier alpha value is -1.52. The first-order chi connectivity index (χ1) is 10.2. The molecule has 0 spiro atoms. The largest absolute Gasteiger partial charge is 0.356 e. The first-order valence-electron chi connectivity index (χ1n) is 6.92. The lowest BCUT2D eigenvalue weighted by atomic mass is 10.1. The number of hydrogen-bond acceptors (Lipinski definition) is 2. The summed E-state index contributed by atoms with van der Waals surface area (Å²) in [5, 5.41) is 6.65. The summed E-state index contributed by atoms with van der Waals surface area (Å²) in [6.07, 6.45) is 0.947. The van der Waals surface area contributed by atoms with Crippen LogP contribution in [0.4, 0.5) is 0 Å². The number of benzene rings is 1. The Kier molecular flexibility index (Phi) is 6.08. The molecular formula is C16H20ClN3S. The molecule has 0 fully saturated rings. The summed E-state index contributed by atoms with van der Waals surface area (Å²) in [6.45, 7) is 3.73. The van der Waals surface area contributed by atoms with Gasteiger partial charge in [-0.2, -0.15) is 0 Å². The number of guanidine groups is 1. The van der Waals surface area contributed by atoms with E-state index in [0.717, 1.165) is 29.8 Å². The summed E-state index contributed by atoms with van der Waals surface area (Å²) in [6, 6.07) is 12.4. The summed E-state index contributed by atoms with van der Waals surface area (Å²) < 4.78 is 0.840. The van der Waals surface area contributed by atoms with Crippen LogP contribution in [-0.4, -0.2) is 19.6 Å². The van der Waals surface area contributed by atoms with Crippen molar-refractivity contribution >= 4 is 28.9 Å². The third-order valence-corrected chi connectivity index (χ3v) is 4.51. The molecule has 1 aromatic heterocycles. The molecule has 0 saturated carbocycles. The van der Waals surface area contributed by atoms with Gasteiger partial charge in [0.15, 0.2) is 5.96 Å². The summed E-state index contributed by atoms with van der Waals surface area (Å²) in [5.74, 6) is 0.820. The van der Waals surface area contributed by atoms with Crippen molar-refractivity contribution in [3.8, 4) is 0 Å². The number of nitrogens with zero attached hydrogens (tertiary/aromatic N) is 1. The van der Waals surface area contributed by atoms with Crippen LogP contribution in [-0.2, 0) is 13.0 Å². The minimum absolute atomic E-state index is 0.775. The van der Waals surface area contributed by atoms with Crippen LogP contribution in [0.2, 0.25) is 4.34 Å². The van der Waals surface area contributed by atoms with Crippen molar-refractivity contribution < 1.29 is 0 Å². The quantitative estimate of drug-likeness (QED) is 0.652. The third kappa shape index (κ3) is 5.06. The molecule has 0 amide bonds. The lowest BCUT2D eigenvalue weighted by Gasteiger charge is -2.12. The lowest BCUT2D eigenvalue weighted by molar-refractivity contribution is 0.797. The molecule has 0 radical (unpaired) electrons. The van der Waals surface area contributed by atoms with E-state index < -0.39 is 0 Å². The molecule has 112 valence electrons. The molecule has 0 aliphatic carbocycles. The Morgan fingerprint density at radius 1 is 1.19 bits per heavy atom. The molecule has 0 aliphatic heterocycles. The zero-order valence-corrected chi connectivity index (χ0v) is 13.9. The highest BCUT2D eigenvalue weighted by molar-refractivity contribution is 7.16. The van der Waals surface area contributed by atoms with E-state index in [0.29, 0.717) is 0 Å². The highest BCUT2D eigenvalue weighted by atomic mass is 35.5. The smallest absolute Gasteiger partial charge is 0.191 e. The van der Waals surface area contributed by atoms with Gasteiger partial charge < -0.3 is 10.6 Å². The molecule has 1 heterocycles. The molecule has 0 bridgehead atoms. The van der Waals surface area contributed by atoms with Crippen LogP contribution in [0.15, 0.2) is 41.4 Å². The van der Waals surface area contributed by atoms with Crippen molar-refractivity contribution in [2.75, 3.05) is 13.6 Å². The van der Waals surface area contributed by atoms with Gasteiger partial charge in [0, 0.05) is 25.0 Å². The van der Waals surface area contributed by atoms with Crippen LogP contribution in [0.25, 0.3) is 0 Å². The highest BCUT2D eigenvalue weighted by Crippen LogP contribution is 2.21. The second-order valence-electron chi connectivity index (χ2n) is 4.73. The van der Waals surface area contributed by atoms with Crippen LogP contribution in [0.5, 0.6) is 0 Å². The Labute approximate surface area is 135 Å². The average Bonchev–Trinajstić information content (AvgIpc) is 2.90. The number of hydrogen-bond donors (Lipinski definition) is 2. The molecule has 0 aliphatic rings. The first kappa shape index (κ1) is 15.9. The molecule has 5 heteroatoms. The van der Waals surface area contributed by atoms with Gasteiger partial charge in [-0.25, -0.2) is 0 Å². The second kappa shape index (κ2) is 8.05. The molecule has 21 heavy (non-hydrogen) atoms. The number of rotatable bonds is 5. The standard InChI is InChI=1S/C16H20ClN3S/c1-12-5-3-4-6-13(12)11-20-16(18-2)19-10-9-14-7-8-15(17)21-14/h3-8H,9-11H2,1-2H3,(H2,18,19,20). The van der Waals surface area contributed by atoms with Gasteiger partial charge >= 0.3 is 0 Å². The van der Waals surface area contributed by atoms with E-state index in [1.54, 1.807) is 18.4 Å². The molecule has 1 aromatic carbocycles. The van der Waals surface area contributed by atoms with Gasteiger partial charge in [-0.15, -0.1) is 11.3 Å². The average molecular weight is 322 g/mol. The number of halogens is 1. The lowest BCUT2D eigenvalue weighted by Crippen LogP contribution is -2.37. The van der Waals surface area contributed by atoms with Gasteiger partial charge in [-0.05, 0) is 36.6 Å². The molecule has 3 nitrogen and oxygen atoms in total. The van der Waals surface area contributed by atoms with E-state index >= 15 is 0 Å². The molecule has 2 aromatic rings. The number of thiophene rings is 1. The Balaban J connectivity index is 1.77. The SMILES string of the molecule is CN=C(NCCc1ccc(Cl)s1)NCc1ccccc1C. The Morgan fingerprint density at radius 3 is 2.67 bits per heavy atom. The van der Waals surface area contributed by atoms with Gasteiger partial charge in [0.1, 0.15) is 0 Å². The van der Waals surface area contributed by atoms with Crippen LogP contribution >= 0.6 is 22.9 Å². The van der Waals surface area contributed by atoms with Crippen LogP contribution in [0.1, 0.15) is 16.0 Å². The van der Waals surface area contributed by atoms with Crippen LogP contribution in [0.3, 0.4) is 0 Å². The highest BCUT2D eigenvalue weighted by Gasteiger charge is 2.02. The van der Waals surface area contributed by atoms with Crippen molar-refractivity contribution in [2.45, 2.75) is 19.9 Å². The number of aryl methyl sites for hydroxylation is 1. The number of nitrogens with one attached hydrogen (secondary N) is 2. The molecule has 2 N–H and O–H groups in total. The van der Waals surface area contributed by atoms with E-state index in [9.17, 15) is 0 Å². The van der Waals surface area contributed by atoms with E-state index in [2.05, 4.69) is 52.9 Å². The summed E-state index contributed by atoms with van der Waals surface area (Å²) in [4.78, 5) is 5.52. The predicted molar refractivity (Wildman–Crippen MR) is 92.4 cm³/mol. The monoisotopic (exact) mass is 321 g/mol. The third-order valence-electron chi connectivity index (χ3n) is 3.22. The molecule has 2 rings (SSSR count). The maximum atomic E-state index is 5.92. The minimum atomic E-state index is 0.775.